The molecule has 2 N–H and O–H groups in total. The van der Waals surface area contributed by atoms with Gasteiger partial charge in [-0.25, -0.2) is 4.39 Å². The fourth-order valence-electron chi connectivity index (χ4n) is 4.08. The lowest BCUT2D eigenvalue weighted by molar-refractivity contribution is 0.101. The van der Waals surface area contributed by atoms with E-state index in [0.29, 0.717) is 6.42 Å². The largest absolute Gasteiger partial charge is 0.494 e. The summed E-state index contributed by atoms with van der Waals surface area (Å²) in [5.41, 5.74) is 3.02. The van der Waals surface area contributed by atoms with E-state index in [1.807, 2.05) is 32.0 Å². The lowest BCUT2D eigenvalue weighted by Crippen LogP contribution is -2.35. The molecule has 1 aliphatic rings. The van der Waals surface area contributed by atoms with E-state index >= 15 is 0 Å². The first kappa shape index (κ1) is 19.6. The number of aliphatic hydroxyl groups excluding tert-OH is 2. The number of halogens is 1. The summed E-state index contributed by atoms with van der Waals surface area (Å²) in [5, 5.41) is 20.0. The Labute approximate surface area is 159 Å². The number of fused-ring (bicyclic) bond motifs is 1. The van der Waals surface area contributed by atoms with Crippen LogP contribution in [0.2, 0.25) is 0 Å². The quantitative estimate of drug-likeness (QED) is 0.812. The molecule has 1 aliphatic carbocycles. The number of hydrogen-bond acceptors (Lipinski definition) is 4. The zero-order valence-corrected chi connectivity index (χ0v) is 16.0. The molecule has 0 spiro atoms. The highest BCUT2D eigenvalue weighted by Crippen LogP contribution is 2.45. The molecule has 3 rings (SSSR count). The molecule has 2 aromatic carbocycles. The molecule has 0 fully saturated rings. The van der Waals surface area contributed by atoms with Gasteiger partial charge in [-0.3, -0.25) is 0 Å². The first-order valence-electron chi connectivity index (χ1n) is 9.33. The molecule has 0 bridgehead atoms. The summed E-state index contributed by atoms with van der Waals surface area (Å²) < 4.78 is 24.9. The Hall–Kier alpha value is -2.11. The molecule has 0 saturated carbocycles. The minimum Gasteiger partial charge on any atom is -0.494 e. The van der Waals surface area contributed by atoms with Crippen LogP contribution >= 0.6 is 0 Å². The highest BCUT2D eigenvalue weighted by atomic mass is 19.1. The van der Waals surface area contributed by atoms with Gasteiger partial charge in [0.05, 0.1) is 13.2 Å². The average Bonchev–Trinajstić information content (AvgIpc) is 2.66. The van der Waals surface area contributed by atoms with E-state index in [1.165, 1.54) is 13.2 Å². The number of methoxy groups -OCH3 is 1. The number of hydrogen-bond donors (Lipinski definition) is 2. The Morgan fingerprint density at radius 2 is 1.89 bits per heavy atom. The predicted octanol–water partition coefficient (Wildman–Crippen LogP) is 3.53. The molecule has 2 aromatic rings. The summed E-state index contributed by atoms with van der Waals surface area (Å²) >= 11 is 0. The van der Waals surface area contributed by atoms with Crippen molar-refractivity contribution < 1.29 is 24.1 Å². The third kappa shape index (κ3) is 3.94. The second-order valence-electron chi connectivity index (χ2n) is 7.39. The Balaban J connectivity index is 2.13. The Morgan fingerprint density at radius 1 is 1.11 bits per heavy atom. The smallest absolute Gasteiger partial charge is 0.165 e. The van der Waals surface area contributed by atoms with Crippen LogP contribution in [0.3, 0.4) is 0 Å². The van der Waals surface area contributed by atoms with Gasteiger partial charge in [0.1, 0.15) is 5.75 Å². The van der Waals surface area contributed by atoms with E-state index in [4.69, 9.17) is 9.47 Å². The molecule has 0 heterocycles. The maximum atomic E-state index is 13.9. The van der Waals surface area contributed by atoms with E-state index in [-0.39, 0.29) is 42.8 Å². The van der Waals surface area contributed by atoms with Crippen LogP contribution in [0, 0.1) is 17.7 Å². The van der Waals surface area contributed by atoms with Crippen LogP contribution < -0.4 is 9.47 Å². The third-order valence-electron chi connectivity index (χ3n) is 5.32. The van der Waals surface area contributed by atoms with Crippen LogP contribution in [0.15, 0.2) is 36.4 Å². The van der Waals surface area contributed by atoms with Gasteiger partial charge in [0, 0.05) is 19.1 Å². The highest BCUT2D eigenvalue weighted by Gasteiger charge is 2.37. The molecule has 3 atom stereocenters. The highest BCUT2D eigenvalue weighted by molar-refractivity contribution is 5.47. The van der Waals surface area contributed by atoms with Gasteiger partial charge in [-0.05, 0) is 73.1 Å². The summed E-state index contributed by atoms with van der Waals surface area (Å²) in [7, 11) is 1.44. The van der Waals surface area contributed by atoms with Crippen LogP contribution in [0.4, 0.5) is 4.39 Å². The first-order chi connectivity index (χ1) is 13.0. The van der Waals surface area contributed by atoms with Crippen molar-refractivity contribution in [3.05, 3.63) is 58.9 Å². The maximum absolute atomic E-state index is 13.9. The summed E-state index contributed by atoms with van der Waals surface area (Å²) in [5.74, 6) is 0.0929. The van der Waals surface area contributed by atoms with Gasteiger partial charge in [0.15, 0.2) is 11.6 Å². The number of benzene rings is 2. The van der Waals surface area contributed by atoms with Gasteiger partial charge in [-0.2, -0.15) is 0 Å². The van der Waals surface area contributed by atoms with Gasteiger partial charge in [0.2, 0.25) is 0 Å². The van der Waals surface area contributed by atoms with Gasteiger partial charge < -0.3 is 19.7 Å². The van der Waals surface area contributed by atoms with E-state index in [1.54, 1.807) is 12.1 Å². The number of rotatable bonds is 6. The molecule has 0 aromatic heterocycles. The van der Waals surface area contributed by atoms with Crippen LogP contribution in [0.5, 0.6) is 11.5 Å². The van der Waals surface area contributed by atoms with Crippen molar-refractivity contribution in [2.75, 3.05) is 20.3 Å². The third-order valence-corrected chi connectivity index (χ3v) is 5.32. The topological polar surface area (TPSA) is 58.9 Å². The van der Waals surface area contributed by atoms with Crippen molar-refractivity contribution in [1.82, 2.24) is 0 Å². The Morgan fingerprint density at radius 3 is 2.52 bits per heavy atom. The standard InChI is InChI=1S/C22H27FO4/c1-13(2)27-17-6-4-14-8-16(11-24)19(12-25)22(18(14)10-17)15-5-7-20(23)21(9-15)26-3/h4-7,9-10,13,16,19,22,24-25H,8,11-12H2,1-3H3/t16-,19-,22?/m1/s1. The summed E-state index contributed by atoms with van der Waals surface area (Å²) in [6.07, 6.45) is 0.739. The van der Waals surface area contributed by atoms with Gasteiger partial charge in [0.25, 0.3) is 0 Å². The monoisotopic (exact) mass is 374 g/mol. The Bertz CT molecular complexity index is 790. The minimum atomic E-state index is -0.423. The fraction of sp³-hybridized carbons (Fsp3) is 0.455. The summed E-state index contributed by atoms with van der Waals surface area (Å²) in [4.78, 5) is 0. The molecule has 0 aliphatic heterocycles. The molecule has 0 saturated heterocycles. The van der Waals surface area contributed by atoms with Crippen LogP contribution in [0.1, 0.15) is 36.5 Å². The van der Waals surface area contributed by atoms with Crippen molar-refractivity contribution in [2.45, 2.75) is 32.3 Å². The molecule has 27 heavy (non-hydrogen) atoms. The minimum absolute atomic E-state index is 0.0102. The van der Waals surface area contributed by atoms with Crippen molar-refractivity contribution in [2.24, 2.45) is 11.8 Å². The average molecular weight is 374 g/mol. The van der Waals surface area contributed by atoms with Crippen molar-refractivity contribution in [3.63, 3.8) is 0 Å². The lowest BCUT2D eigenvalue weighted by atomic mass is 9.67. The van der Waals surface area contributed by atoms with Crippen LogP contribution in [-0.4, -0.2) is 36.6 Å². The van der Waals surface area contributed by atoms with Crippen molar-refractivity contribution in [1.29, 1.82) is 0 Å². The summed E-state index contributed by atoms with van der Waals surface area (Å²) in [6, 6.07) is 10.8. The van der Waals surface area contributed by atoms with Gasteiger partial charge in [-0.1, -0.05) is 12.1 Å². The van der Waals surface area contributed by atoms with E-state index < -0.39 is 5.82 Å². The number of aliphatic hydroxyl groups is 2. The molecule has 5 heteroatoms. The first-order valence-corrected chi connectivity index (χ1v) is 9.33. The zero-order chi connectivity index (χ0) is 19.6. The van der Waals surface area contributed by atoms with Crippen LogP contribution in [-0.2, 0) is 6.42 Å². The lowest BCUT2D eigenvalue weighted by Gasteiger charge is -2.39. The summed E-state index contributed by atoms with van der Waals surface area (Å²) in [6.45, 7) is 3.87. The van der Waals surface area contributed by atoms with Gasteiger partial charge >= 0.3 is 0 Å². The molecule has 4 nitrogen and oxygen atoms in total. The maximum Gasteiger partial charge on any atom is 0.165 e. The van der Waals surface area contributed by atoms with E-state index in [9.17, 15) is 14.6 Å². The second-order valence-corrected chi connectivity index (χ2v) is 7.39. The van der Waals surface area contributed by atoms with Crippen LogP contribution in [0.25, 0.3) is 0 Å². The van der Waals surface area contributed by atoms with E-state index in [2.05, 4.69) is 0 Å². The zero-order valence-electron chi connectivity index (χ0n) is 16.0. The Kier molecular flexibility index (Phi) is 6.02. The van der Waals surface area contributed by atoms with Crippen molar-refractivity contribution >= 4 is 0 Å². The molecule has 1 unspecified atom stereocenters. The normalized spacial score (nSPS) is 21.8. The SMILES string of the molecule is COc1cc(C2c3cc(OC(C)C)ccc3C[C@H](CO)[C@H]2CO)ccc1F. The van der Waals surface area contributed by atoms with E-state index in [0.717, 1.165) is 22.4 Å². The number of ether oxygens (including phenoxy) is 2. The molecular weight excluding hydrogens is 347 g/mol. The molecule has 0 amide bonds. The predicted molar refractivity (Wildman–Crippen MR) is 102 cm³/mol. The molecule has 0 radical (unpaired) electrons. The van der Waals surface area contributed by atoms with Gasteiger partial charge in [-0.15, -0.1) is 0 Å². The molecular formula is C22H27FO4. The van der Waals surface area contributed by atoms with Crippen molar-refractivity contribution in [3.8, 4) is 11.5 Å². The molecule has 146 valence electrons. The fourth-order valence-corrected chi connectivity index (χ4v) is 4.08. The second kappa shape index (κ2) is 8.28.